The quantitative estimate of drug-likeness (QED) is 0.390. The van der Waals surface area contributed by atoms with E-state index in [1.165, 1.54) is 0 Å². The number of fused-ring (bicyclic) bond motifs is 11. The summed E-state index contributed by atoms with van der Waals surface area (Å²) in [5.74, 6) is 0. The Morgan fingerprint density at radius 3 is 2.07 bits per heavy atom. The number of benzene rings is 1. The maximum atomic E-state index is 4.87. The molecule has 0 amide bonds. The van der Waals surface area contributed by atoms with Crippen LogP contribution in [-0.4, -0.2) is 24.9 Å². The molecule has 8 bridgehead atoms. The van der Waals surface area contributed by atoms with Crippen molar-refractivity contribution >= 4 is 34.3 Å². The topological polar surface area (TPSA) is 70.2 Å². The lowest BCUT2D eigenvalue weighted by Gasteiger charge is -1.96. The Bertz CT molecular complexity index is 1320. The number of aromatic amines is 2. The normalized spacial score (nSPS) is 12.1. The van der Waals surface area contributed by atoms with E-state index in [4.69, 9.17) is 4.98 Å². The SMILES string of the molecule is C1=Cc2cc3cnc(cc4nc(cc5ccc(cc1n2)[nH]5)-c1ccccc1-4)[nH]3. The van der Waals surface area contributed by atoms with E-state index in [0.717, 1.165) is 56.1 Å². The number of H-pyrrole nitrogens is 2. The first-order valence-corrected chi connectivity index (χ1v) is 9.12. The summed E-state index contributed by atoms with van der Waals surface area (Å²) in [6.45, 7) is 0. The molecule has 3 aromatic heterocycles. The Morgan fingerprint density at radius 2 is 1.29 bits per heavy atom. The summed E-state index contributed by atoms with van der Waals surface area (Å²) in [5, 5.41) is 0. The van der Waals surface area contributed by atoms with E-state index >= 15 is 0 Å². The highest BCUT2D eigenvalue weighted by Crippen LogP contribution is 2.35. The van der Waals surface area contributed by atoms with Crippen LogP contribution in [0.15, 0.2) is 66.9 Å². The van der Waals surface area contributed by atoms with Gasteiger partial charge in [0, 0.05) is 28.2 Å². The van der Waals surface area contributed by atoms with Crippen molar-refractivity contribution in [3.63, 3.8) is 0 Å². The van der Waals surface area contributed by atoms with Crippen molar-refractivity contribution in [1.29, 1.82) is 0 Å². The van der Waals surface area contributed by atoms with Gasteiger partial charge in [-0.25, -0.2) is 15.0 Å². The van der Waals surface area contributed by atoms with Gasteiger partial charge in [0.2, 0.25) is 0 Å². The molecule has 2 aliphatic heterocycles. The molecule has 0 saturated heterocycles. The summed E-state index contributed by atoms with van der Waals surface area (Å²) in [6.07, 6.45) is 5.83. The molecule has 0 unspecified atom stereocenters. The van der Waals surface area contributed by atoms with Crippen molar-refractivity contribution in [2.24, 2.45) is 0 Å². The Kier molecular flexibility index (Phi) is 3.10. The van der Waals surface area contributed by atoms with Gasteiger partial charge in [-0.05, 0) is 42.5 Å². The number of nitrogens with one attached hydrogen (secondary N) is 2. The van der Waals surface area contributed by atoms with Crippen molar-refractivity contribution in [3.05, 3.63) is 78.2 Å². The highest BCUT2D eigenvalue weighted by molar-refractivity contribution is 5.87. The molecule has 2 aliphatic rings. The molecule has 6 rings (SSSR count). The van der Waals surface area contributed by atoms with Crippen LogP contribution in [0.1, 0.15) is 11.4 Å². The maximum Gasteiger partial charge on any atom is 0.132 e. The third kappa shape index (κ3) is 2.53. The van der Waals surface area contributed by atoms with E-state index in [1.54, 1.807) is 0 Å². The number of imidazole rings is 1. The Morgan fingerprint density at radius 1 is 0.607 bits per heavy atom. The standard InChI is InChI=1S/C23H15N5/c1-2-4-20-19(3-1)21-11-17-8-7-15(26-17)9-14-5-6-16(25-14)10-18-13-24-23(27-18)12-22(20)28-21/h1-13,26H,(H,24,27). The first-order valence-electron chi connectivity index (χ1n) is 9.12. The van der Waals surface area contributed by atoms with Crippen LogP contribution in [0.4, 0.5) is 0 Å². The zero-order valence-corrected chi connectivity index (χ0v) is 14.8. The number of rotatable bonds is 0. The Balaban J connectivity index is 1.73. The van der Waals surface area contributed by atoms with Gasteiger partial charge >= 0.3 is 0 Å². The fourth-order valence-corrected chi connectivity index (χ4v) is 3.65. The van der Waals surface area contributed by atoms with Crippen molar-refractivity contribution < 1.29 is 0 Å². The third-order valence-corrected chi connectivity index (χ3v) is 4.92. The molecule has 4 aromatic rings. The van der Waals surface area contributed by atoms with Crippen LogP contribution in [0.25, 0.3) is 56.9 Å². The van der Waals surface area contributed by atoms with Crippen LogP contribution in [0.2, 0.25) is 0 Å². The molecule has 0 fully saturated rings. The van der Waals surface area contributed by atoms with Gasteiger partial charge in [0.05, 0.1) is 34.5 Å². The van der Waals surface area contributed by atoms with Crippen LogP contribution in [0.5, 0.6) is 0 Å². The molecule has 28 heavy (non-hydrogen) atoms. The minimum Gasteiger partial charge on any atom is -0.355 e. The van der Waals surface area contributed by atoms with Crippen LogP contribution < -0.4 is 0 Å². The van der Waals surface area contributed by atoms with E-state index in [0.29, 0.717) is 0 Å². The Hall–Kier alpha value is -3.99. The molecule has 5 nitrogen and oxygen atoms in total. The lowest BCUT2D eigenvalue weighted by molar-refractivity contribution is 1.32. The summed E-state index contributed by atoms with van der Waals surface area (Å²) < 4.78 is 0. The molecule has 132 valence electrons. The zero-order valence-electron chi connectivity index (χ0n) is 14.8. The lowest BCUT2D eigenvalue weighted by Crippen LogP contribution is -1.75. The van der Waals surface area contributed by atoms with Gasteiger partial charge in [0.15, 0.2) is 0 Å². The maximum absolute atomic E-state index is 4.87. The van der Waals surface area contributed by atoms with E-state index in [2.05, 4.69) is 50.3 Å². The molecule has 5 heteroatoms. The van der Waals surface area contributed by atoms with Crippen LogP contribution >= 0.6 is 0 Å². The minimum absolute atomic E-state index is 0.772. The second-order valence-electron chi connectivity index (χ2n) is 6.89. The first-order chi connectivity index (χ1) is 13.8. The Labute approximate surface area is 160 Å². The molecule has 0 saturated carbocycles. The largest absolute Gasteiger partial charge is 0.355 e. The van der Waals surface area contributed by atoms with Gasteiger partial charge in [-0.3, -0.25) is 0 Å². The minimum atomic E-state index is 0.772. The summed E-state index contributed by atoms with van der Waals surface area (Å²) in [7, 11) is 0. The molecule has 0 aliphatic carbocycles. The van der Waals surface area contributed by atoms with Crippen molar-refractivity contribution in [3.8, 4) is 22.5 Å². The summed E-state index contributed by atoms with van der Waals surface area (Å²) in [4.78, 5) is 20.8. The smallest absolute Gasteiger partial charge is 0.132 e. The van der Waals surface area contributed by atoms with Crippen LogP contribution in [0.3, 0.4) is 0 Å². The molecule has 2 N–H and O–H groups in total. The highest BCUT2D eigenvalue weighted by Gasteiger charge is 2.15. The summed E-state index contributed by atoms with van der Waals surface area (Å²) >= 11 is 0. The van der Waals surface area contributed by atoms with Gasteiger partial charge < -0.3 is 9.97 Å². The average Bonchev–Trinajstić information content (AvgIpc) is 3.47. The van der Waals surface area contributed by atoms with Gasteiger partial charge in [-0.15, -0.1) is 0 Å². The van der Waals surface area contributed by atoms with Crippen molar-refractivity contribution in [2.45, 2.75) is 0 Å². The van der Waals surface area contributed by atoms with Crippen molar-refractivity contribution in [2.75, 3.05) is 0 Å². The van der Waals surface area contributed by atoms with Gasteiger partial charge in [0.1, 0.15) is 5.65 Å². The van der Waals surface area contributed by atoms with E-state index in [-0.39, 0.29) is 0 Å². The fraction of sp³-hybridized carbons (Fsp3) is 0. The second kappa shape index (κ2) is 5.76. The van der Waals surface area contributed by atoms with E-state index in [1.807, 2.05) is 48.7 Å². The molecular weight excluding hydrogens is 346 g/mol. The van der Waals surface area contributed by atoms with Gasteiger partial charge in [-0.2, -0.15) is 0 Å². The number of nitrogens with zero attached hydrogens (tertiary/aromatic N) is 3. The van der Waals surface area contributed by atoms with E-state index < -0.39 is 0 Å². The number of aromatic nitrogens is 5. The number of hydrogen-bond acceptors (Lipinski definition) is 3. The predicted molar refractivity (Wildman–Crippen MR) is 112 cm³/mol. The molecule has 5 heterocycles. The summed E-state index contributed by atoms with van der Waals surface area (Å²) in [6, 6.07) is 20.5. The third-order valence-electron chi connectivity index (χ3n) is 4.92. The molecular formula is C23H15N5. The van der Waals surface area contributed by atoms with Crippen LogP contribution in [-0.2, 0) is 0 Å². The van der Waals surface area contributed by atoms with Crippen molar-refractivity contribution in [1.82, 2.24) is 24.9 Å². The average molecular weight is 361 g/mol. The van der Waals surface area contributed by atoms with Crippen LogP contribution in [0, 0.1) is 0 Å². The lowest BCUT2D eigenvalue weighted by atomic mass is 10.1. The number of hydrogen-bond donors (Lipinski definition) is 2. The first kappa shape index (κ1) is 15.1. The zero-order chi connectivity index (χ0) is 18.5. The molecule has 1 aromatic carbocycles. The van der Waals surface area contributed by atoms with E-state index in [9.17, 15) is 0 Å². The fourth-order valence-electron chi connectivity index (χ4n) is 3.65. The summed E-state index contributed by atoms with van der Waals surface area (Å²) in [5.41, 5.74) is 9.58. The monoisotopic (exact) mass is 361 g/mol. The molecule has 0 spiro atoms. The predicted octanol–water partition coefficient (Wildman–Crippen LogP) is 5.21. The second-order valence-corrected chi connectivity index (χ2v) is 6.89. The highest BCUT2D eigenvalue weighted by atomic mass is 14.9. The van der Waals surface area contributed by atoms with Gasteiger partial charge in [0.25, 0.3) is 0 Å². The molecule has 0 radical (unpaired) electrons. The molecule has 0 atom stereocenters. The van der Waals surface area contributed by atoms with Gasteiger partial charge in [-0.1, -0.05) is 24.3 Å².